The van der Waals surface area contributed by atoms with E-state index in [-0.39, 0.29) is 6.04 Å². The van der Waals surface area contributed by atoms with Gasteiger partial charge in [-0.05, 0) is 48.3 Å². The van der Waals surface area contributed by atoms with Crippen LogP contribution in [0, 0.1) is 20.8 Å². The van der Waals surface area contributed by atoms with Crippen molar-refractivity contribution in [2.75, 3.05) is 0 Å². The second kappa shape index (κ2) is 4.11. The lowest BCUT2D eigenvalue weighted by Crippen LogP contribution is -2.13. The van der Waals surface area contributed by atoms with Gasteiger partial charge >= 0.3 is 0 Å². The summed E-state index contributed by atoms with van der Waals surface area (Å²) in [5.41, 5.74) is 8.29. The third-order valence-electron chi connectivity index (χ3n) is 2.86. The monoisotopic (exact) mass is 283 g/mol. The van der Waals surface area contributed by atoms with Crippen molar-refractivity contribution in [2.24, 2.45) is 5.73 Å². The van der Waals surface area contributed by atoms with Crippen LogP contribution in [0.3, 0.4) is 0 Å². The molecule has 1 atom stereocenters. The molecule has 0 saturated carbocycles. The Kier molecular flexibility index (Phi) is 2.95. The van der Waals surface area contributed by atoms with Crippen LogP contribution in [-0.4, -0.2) is 0 Å². The molecule has 0 radical (unpaired) electrons. The van der Waals surface area contributed by atoms with Gasteiger partial charge in [0.1, 0.15) is 17.3 Å². The summed E-state index contributed by atoms with van der Waals surface area (Å²) in [6, 6.07) is 1.55. The van der Waals surface area contributed by atoms with Crippen LogP contribution in [0.15, 0.2) is 25.6 Å². The van der Waals surface area contributed by atoms with E-state index in [0.29, 0.717) is 0 Å². The normalized spacial score (nSPS) is 13.1. The molecule has 0 bridgehead atoms. The molecule has 1 unspecified atom stereocenters. The molecule has 0 spiro atoms. The summed E-state index contributed by atoms with van der Waals surface area (Å²) < 4.78 is 11.8. The molecule has 0 aromatic carbocycles. The Hall–Kier alpha value is -1.00. The molecular weight excluding hydrogens is 270 g/mol. The number of aryl methyl sites for hydroxylation is 2. The Morgan fingerprint density at radius 3 is 2.38 bits per heavy atom. The van der Waals surface area contributed by atoms with Gasteiger partial charge in [0.25, 0.3) is 0 Å². The summed E-state index contributed by atoms with van der Waals surface area (Å²) in [5.74, 6) is 2.49. The number of hydrogen-bond donors (Lipinski definition) is 1. The molecule has 2 rings (SSSR count). The van der Waals surface area contributed by atoms with Gasteiger partial charge in [0.2, 0.25) is 0 Å². The second-order valence-electron chi connectivity index (χ2n) is 3.86. The number of hydrogen-bond acceptors (Lipinski definition) is 3. The van der Waals surface area contributed by atoms with Crippen LogP contribution >= 0.6 is 15.9 Å². The maximum atomic E-state index is 6.19. The molecule has 2 N–H and O–H groups in total. The third kappa shape index (κ3) is 1.72. The molecule has 0 aliphatic heterocycles. The second-order valence-corrected chi connectivity index (χ2v) is 4.72. The first-order valence-electron chi connectivity index (χ1n) is 5.07. The molecule has 2 heterocycles. The van der Waals surface area contributed by atoms with Gasteiger partial charge in [0.05, 0.1) is 16.8 Å². The molecule has 2 aromatic rings. The van der Waals surface area contributed by atoms with Crippen LogP contribution in [0.25, 0.3) is 0 Å². The zero-order valence-corrected chi connectivity index (χ0v) is 11.1. The van der Waals surface area contributed by atoms with Gasteiger partial charge in [-0.2, -0.15) is 0 Å². The highest BCUT2D eigenvalue weighted by molar-refractivity contribution is 9.10. The number of rotatable bonds is 2. The van der Waals surface area contributed by atoms with Crippen molar-refractivity contribution in [3.8, 4) is 0 Å². The molecule has 86 valence electrons. The summed E-state index contributed by atoms with van der Waals surface area (Å²) in [5, 5.41) is 0. The maximum absolute atomic E-state index is 6.19. The van der Waals surface area contributed by atoms with Gasteiger partial charge < -0.3 is 14.6 Å². The highest BCUT2D eigenvalue weighted by atomic mass is 79.9. The fourth-order valence-electron chi connectivity index (χ4n) is 1.93. The average molecular weight is 284 g/mol. The van der Waals surface area contributed by atoms with Crippen molar-refractivity contribution >= 4 is 15.9 Å². The van der Waals surface area contributed by atoms with E-state index in [1.807, 2.05) is 26.8 Å². The summed E-state index contributed by atoms with van der Waals surface area (Å²) in [4.78, 5) is 0. The summed E-state index contributed by atoms with van der Waals surface area (Å²) in [7, 11) is 0. The summed E-state index contributed by atoms with van der Waals surface area (Å²) in [6.45, 7) is 5.87. The highest BCUT2D eigenvalue weighted by Crippen LogP contribution is 2.33. The average Bonchev–Trinajstić information content (AvgIpc) is 2.73. The zero-order valence-electron chi connectivity index (χ0n) is 9.50. The lowest BCUT2D eigenvalue weighted by molar-refractivity contribution is 0.474. The van der Waals surface area contributed by atoms with E-state index in [4.69, 9.17) is 14.6 Å². The van der Waals surface area contributed by atoms with Gasteiger partial charge in [-0.3, -0.25) is 0 Å². The molecule has 0 amide bonds. The van der Waals surface area contributed by atoms with E-state index in [2.05, 4.69) is 15.9 Å². The van der Waals surface area contributed by atoms with Crippen molar-refractivity contribution in [2.45, 2.75) is 26.8 Å². The fourth-order valence-corrected chi connectivity index (χ4v) is 2.37. The van der Waals surface area contributed by atoms with Crippen molar-refractivity contribution in [1.82, 2.24) is 0 Å². The minimum Gasteiger partial charge on any atom is -0.466 e. The number of halogens is 1. The Balaban J connectivity index is 2.49. The Bertz CT molecular complexity index is 513. The molecule has 0 aliphatic carbocycles. The largest absolute Gasteiger partial charge is 0.466 e. The number of furan rings is 2. The van der Waals surface area contributed by atoms with Crippen molar-refractivity contribution in [3.05, 3.63) is 45.2 Å². The smallest absolute Gasteiger partial charge is 0.139 e. The lowest BCUT2D eigenvalue weighted by Gasteiger charge is -2.10. The lowest BCUT2D eigenvalue weighted by atomic mass is 10.0. The molecule has 16 heavy (non-hydrogen) atoms. The predicted octanol–water partition coefficient (Wildman–Crippen LogP) is 3.61. The van der Waals surface area contributed by atoms with Gasteiger partial charge in [-0.25, -0.2) is 0 Å². The first-order chi connectivity index (χ1) is 7.52. The van der Waals surface area contributed by atoms with Gasteiger partial charge in [-0.15, -0.1) is 0 Å². The van der Waals surface area contributed by atoms with Crippen molar-refractivity contribution in [3.63, 3.8) is 0 Å². The van der Waals surface area contributed by atoms with E-state index >= 15 is 0 Å². The Morgan fingerprint density at radius 2 is 1.94 bits per heavy atom. The SMILES string of the molecule is Cc1oc(C)c(C(N)c2occc2Br)c1C. The van der Waals surface area contributed by atoms with Gasteiger partial charge in [0.15, 0.2) is 0 Å². The standard InChI is InChI=1S/C12H14BrNO2/c1-6-7(2)16-8(3)10(6)11(14)12-9(13)4-5-15-12/h4-5,11H,14H2,1-3H3. The molecule has 4 heteroatoms. The minimum atomic E-state index is -0.290. The molecular formula is C12H14BrNO2. The van der Waals surface area contributed by atoms with E-state index < -0.39 is 0 Å². The first-order valence-corrected chi connectivity index (χ1v) is 5.86. The summed E-state index contributed by atoms with van der Waals surface area (Å²) in [6.07, 6.45) is 1.62. The third-order valence-corrected chi connectivity index (χ3v) is 3.51. The maximum Gasteiger partial charge on any atom is 0.139 e. The van der Waals surface area contributed by atoms with E-state index in [0.717, 1.165) is 32.9 Å². The summed E-state index contributed by atoms with van der Waals surface area (Å²) >= 11 is 3.42. The van der Waals surface area contributed by atoms with E-state index in [1.54, 1.807) is 6.26 Å². The van der Waals surface area contributed by atoms with Gasteiger partial charge in [-0.1, -0.05) is 0 Å². The first kappa shape index (κ1) is 11.5. The van der Waals surface area contributed by atoms with Crippen LogP contribution in [-0.2, 0) is 0 Å². The van der Waals surface area contributed by atoms with Gasteiger partial charge in [0, 0.05) is 5.56 Å². The molecule has 0 aliphatic rings. The van der Waals surface area contributed by atoms with E-state index in [9.17, 15) is 0 Å². The molecule has 0 fully saturated rings. The van der Waals surface area contributed by atoms with Crippen LogP contribution < -0.4 is 5.73 Å². The molecule has 0 saturated heterocycles. The predicted molar refractivity (Wildman–Crippen MR) is 65.4 cm³/mol. The Morgan fingerprint density at radius 1 is 1.25 bits per heavy atom. The van der Waals surface area contributed by atoms with Crippen LogP contribution in [0.1, 0.15) is 34.4 Å². The zero-order chi connectivity index (χ0) is 11.9. The van der Waals surface area contributed by atoms with E-state index in [1.165, 1.54) is 0 Å². The molecule has 2 aromatic heterocycles. The molecule has 3 nitrogen and oxygen atoms in total. The quantitative estimate of drug-likeness (QED) is 0.916. The highest BCUT2D eigenvalue weighted by Gasteiger charge is 2.23. The topological polar surface area (TPSA) is 52.3 Å². The van der Waals surface area contributed by atoms with Crippen molar-refractivity contribution < 1.29 is 8.83 Å². The fraction of sp³-hybridized carbons (Fsp3) is 0.333. The van der Waals surface area contributed by atoms with Crippen LogP contribution in [0.2, 0.25) is 0 Å². The van der Waals surface area contributed by atoms with Crippen LogP contribution in [0.4, 0.5) is 0 Å². The van der Waals surface area contributed by atoms with Crippen molar-refractivity contribution in [1.29, 1.82) is 0 Å². The Labute approximate surface area is 103 Å². The number of nitrogens with two attached hydrogens (primary N) is 1. The van der Waals surface area contributed by atoms with Crippen LogP contribution in [0.5, 0.6) is 0 Å². The minimum absolute atomic E-state index is 0.290.